The van der Waals surface area contributed by atoms with Crippen molar-refractivity contribution in [2.75, 3.05) is 72.6 Å². The van der Waals surface area contributed by atoms with Crippen LogP contribution in [0.1, 0.15) is 46.7 Å². The van der Waals surface area contributed by atoms with Gasteiger partial charge in [-0.15, -0.1) is 22.7 Å². The van der Waals surface area contributed by atoms with E-state index in [9.17, 15) is 24.0 Å². The second-order valence-corrected chi connectivity index (χ2v) is 16.1. The summed E-state index contributed by atoms with van der Waals surface area (Å²) in [6.07, 6.45) is 2.37. The van der Waals surface area contributed by atoms with E-state index in [1.807, 2.05) is 48.5 Å². The number of thiazole rings is 2. The minimum absolute atomic E-state index is 0.0498. The SMILES string of the molecule is CNC1(C(N)=O)CCN(c2ccccc2NC(=O)c2csc(Br)n2)CC1.CNC1(C(N)=O)CCN(c2ccccc2NC(=O)c2csc(NCC(N)=O)n2)CC1. The summed E-state index contributed by atoms with van der Waals surface area (Å²) in [5, 5.41) is 18.5. The highest BCUT2D eigenvalue weighted by molar-refractivity contribution is 9.11. The second kappa shape index (κ2) is 18.7. The van der Waals surface area contributed by atoms with Gasteiger partial charge in [-0.25, -0.2) is 9.97 Å². The number of rotatable bonds is 13. The maximum atomic E-state index is 12.7. The smallest absolute Gasteiger partial charge is 0.275 e. The molecule has 4 aromatic rings. The molecule has 0 saturated carbocycles. The number of piperidine rings is 2. The van der Waals surface area contributed by atoms with Gasteiger partial charge in [0, 0.05) is 36.9 Å². The molecule has 0 unspecified atom stereocenters. The lowest BCUT2D eigenvalue weighted by Gasteiger charge is -2.41. The fourth-order valence-corrected chi connectivity index (χ4v) is 8.24. The third kappa shape index (κ3) is 9.98. The van der Waals surface area contributed by atoms with Crippen LogP contribution < -0.4 is 53.6 Å². The fourth-order valence-electron chi connectivity index (χ4n) is 6.56. The highest BCUT2D eigenvalue weighted by Crippen LogP contribution is 2.33. The third-order valence-corrected chi connectivity index (χ3v) is 12.1. The number of para-hydroxylation sites is 4. The summed E-state index contributed by atoms with van der Waals surface area (Å²) in [7, 11) is 3.51. The lowest BCUT2D eigenvalue weighted by atomic mass is 9.86. The molecule has 2 aliphatic rings. The summed E-state index contributed by atoms with van der Waals surface area (Å²) in [6, 6.07) is 15.1. The monoisotopic (exact) mass is 868 g/mol. The van der Waals surface area contributed by atoms with Gasteiger partial charge in [-0.1, -0.05) is 24.3 Å². The van der Waals surface area contributed by atoms with Crippen LogP contribution in [0.4, 0.5) is 27.9 Å². The molecule has 0 spiro atoms. The standard InChI is InChI=1S/C19H25N7O3S.C17H20BrN5O2S/c1-22-19(17(21)29)6-8-26(9-7-19)14-5-3-2-4-12(14)24-16(28)13-11-30-18(25-13)23-10-15(20)27;1-20-17(15(19)25)6-8-23(9-7-17)13-5-3-2-4-11(13)21-14(24)12-10-26-16(18)22-12/h2-5,11,22H,6-10H2,1H3,(H2,20,27)(H2,21,29)(H,23,25)(H,24,28);2-5,10,20H,6-9H2,1H3,(H2,19,25)(H,21,24). The van der Waals surface area contributed by atoms with Gasteiger partial charge in [-0.2, -0.15) is 0 Å². The third-order valence-electron chi connectivity index (χ3n) is 9.98. The zero-order valence-corrected chi connectivity index (χ0v) is 34.1. The molecule has 2 fully saturated rings. The predicted molar refractivity (Wildman–Crippen MR) is 223 cm³/mol. The lowest BCUT2D eigenvalue weighted by molar-refractivity contribution is -0.125. The molecule has 11 N–H and O–H groups in total. The Kier molecular flexibility index (Phi) is 14.0. The van der Waals surface area contributed by atoms with Crippen molar-refractivity contribution in [2.45, 2.75) is 36.8 Å². The van der Waals surface area contributed by atoms with Gasteiger partial charge >= 0.3 is 0 Å². The molecule has 6 rings (SSSR count). The van der Waals surface area contributed by atoms with Crippen molar-refractivity contribution in [1.29, 1.82) is 0 Å². The summed E-state index contributed by atoms with van der Waals surface area (Å²) < 4.78 is 0.668. The number of anilines is 5. The van der Waals surface area contributed by atoms with Crippen molar-refractivity contribution in [3.63, 3.8) is 0 Å². The molecule has 17 nitrogen and oxygen atoms in total. The summed E-state index contributed by atoms with van der Waals surface area (Å²) in [4.78, 5) is 72.2. The zero-order chi connectivity index (χ0) is 40.5. The van der Waals surface area contributed by atoms with Crippen LogP contribution in [-0.4, -0.2) is 97.4 Å². The number of likely N-dealkylation sites (N-methyl/N-ethyl adjacent to an activating group) is 2. The Labute approximate surface area is 340 Å². The Morgan fingerprint density at radius 3 is 1.52 bits per heavy atom. The van der Waals surface area contributed by atoms with Crippen LogP contribution in [0.5, 0.6) is 0 Å². The van der Waals surface area contributed by atoms with E-state index in [1.165, 1.54) is 22.7 Å². The van der Waals surface area contributed by atoms with E-state index in [4.69, 9.17) is 17.2 Å². The molecule has 0 aliphatic carbocycles. The summed E-state index contributed by atoms with van der Waals surface area (Å²) in [5.41, 5.74) is 18.7. The zero-order valence-electron chi connectivity index (χ0n) is 30.9. The summed E-state index contributed by atoms with van der Waals surface area (Å²) in [6.45, 7) is 2.52. The predicted octanol–water partition coefficient (Wildman–Crippen LogP) is 2.54. The van der Waals surface area contributed by atoms with Gasteiger partial charge in [-0.3, -0.25) is 24.0 Å². The first kappa shape index (κ1) is 42.0. The molecule has 20 heteroatoms. The van der Waals surface area contributed by atoms with Crippen LogP contribution in [0.2, 0.25) is 0 Å². The van der Waals surface area contributed by atoms with E-state index in [2.05, 4.69) is 62.3 Å². The molecule has 2 aromatic heterocycles. The van der Waals surface area contributed by atoms with Gasteiger partial charge in [0.1, 0.15) is 22.5 Å². The largest absolute Gasteiger partial charge is 0.370 e. The van der Waals surface area contributed by atoms with Crippen LogP contribution in [0.3, 0.4) is 0 Å². The van der Waals surface area contributed by atoms with E-state index in [0.29, 0.717) is 72.3 Å². The molecule has 0 atom stereocenters. The Morgan fingerprint density at radius 1 is 0.696 bits per heavy atom. The van der Waals surface area contributed by atoms with Crippen LogP contribution in [0.15, 0.2) is 63.2 Å². The number of benzene rings is 2. The maximum absolute atomic E-state index is 12.7. The van der Waals surface area contributed by atoms with E-state index in [-0.39, 0.29) is 35.9 Å². The molecular weight excluding hydrogens is 825 g/mol. The molecule has 56 heavy (non-hydrogen) atoms. The summed E-state index contributed by atoms with van der Waals surface area (Å²) in [5.74, 6) is -1.79. The Hall–Kier alpha value is -5.15. The molecule has 4 heterocycles. The van der Waals surface area contributed by atoms with Crippen molar-refractivity contribution in [2.24, 2.45) is 17.2 Å². The van der Waals surface area contributed by atoms with E-state index in [0.717, 1.165) is 17.1 Å². The number of halogens is 1. The first-order valence-electron chi connectivity index (χ1n) is 17.7. The van der Waals surface area contributed by atoms with Crippen molar-refractivity contribution in [3.8, 4) is 0 Å². The molecule has 5 amide bonds. The van der Waals surface area contributed by atoms with Gasteiger partial charge in [0.15, 0.2) is 9.05 Å². The number of carbonyl (C=O) groups excluding carboxylic acids is 5. The number of aromatic nitrogens is 2. The number of primary amides is 3. The molecule has 2 aromatic carbocycles. The van der Waals surface area contributed by atoms with Crippen LogP contribution >= 0.6 is 38.6 Å². The van der Waals surface area contributed by atoms with E-state index >= 15 is 0 Å². The average Bonchev–Trinajstić information content (AvgIpc) is 3.87. The number of nitrogens with two attached hydrogens (primary N) is 3. The van der Waals surface area contributed by atoms with Gasteiger partial charge in [0.2, 0.25) is 17.7 Å². The first-order chi connectivity index (χ1) is 26.8. The van der Waals surface area contributed by atoms with Crippen LogP contribution in [0.25, 0.3) is 0 Å². The normalized spacial score (nSPS) is 15.8. The van der Waals surface area contributed by atoms with E-state index in [1.54, 1.807) is 24.9 Å². The quantitative estimate of drug-likeness (QED) is 0.0965. The Bertz CT molecular complexity index is 2040. The molecule has 2 aliphatic heterocycles. The topological polar surface area (TPSA) is 256 Å². The van der Waals surface area contributed by atoms with Crippen molar-refractivity contribution < 1.29 is 24.0 Å². The maximum Gasteiger partial charge on any atom is 0.275 e. The minimum Gasteiger partial charge on any atom is -0.370 e. The highest BCUT2D eigenvalue weighted by atomic mass is 79.9. The van der Waals surface area contributed by atoms with Gasteiger partial charge in [0.25, 0.3) is 11.8 Å². The molecule has 0 bridgehead atoms. The van der Waals surface area contributed by atoms with Crippen LogP contribution in [0, 0.1) is 0 Å². The molecular formula is C36H45BrN12O5S2. The van der Waals surface area contributed by atoms with Gasteiger partial charge in [-0.05, 0) is 80.0 Å². The van der Waals surface area contributed by atoms with Gasteiger partial charge < -0.3 is 53.6 Å². The number of amides is 5. The summed E-state index contributed by atoms with van der Waals surface area (Å²) >= 11 is 5.85. The molecule has 0 radical (unpaired) electrons. The van der Waals surface area contributed by atoms with Gasteiger partial charge in [0.05, 0.1) is 29.3 Å². The van der Waals surface area contributed by atoms with E-state index < -0.39 is 17.0 Å². The molecule has 2 saturated heterocycles. The Morgan fingerprint density at radius 2 is 1.12 bits per heavy atom. The Balaban J connectivity index is 0.000000216. The van der Waals surface area contributed by atoms with Crippen LogP contribution in [-0.2, 0) is 14.4 Å². The minimum atomic E-state index is -0.705. The number of nitrogens with one attached hydrogen (secondary N) is 5. The first-order valence-corrected chi connectivity index (χ1v) is 20.2. The highest BCUT2D eigenvalue weighted by Gasteiger charge is 2.40. The number of hydrogen-bond donors (Lipinski definition) is 8. The number of nitrogens with zero attached hydrogens (tertiary/aromatic N) is 4. The second-order valence-electron chi connectivity index (χ2n) is 13.2. The van der Waals surface area contributed by atoms with Crippen molar-refractivity contribution in [3.05, 3.63) is 74.6 Å². The molecule has 298 valence electrons. The lowest BCUT2D eigenvalue weighted by Crippen LogP contribution is -2.59. The van der Waals surface area contributed by atoms with Crippen molar-refractivity contribution >= 4 is 96.0 Å². The average molecular weight is 870 g/mol. The van der Waals surface area contributed by atoms with Crippen molar-refractivity contribution in [1.82, 2.24) is 20.6 Å². The number of carbonyl (C=O) groups is 5. The number of hydrogen-bond acceptors (Lipinski definition) is 14. The fraction of sp³-hybridized carbons (Fsp3) is 0.361.